The topological polar surface area (TPSA) is 46.6 Å². The fourth-order valence-corrected chi connectivity index (χ4v) is 2.32. The molecule has 14 heavy (non-hydrogen) atoms. The SMILES string of the molecule is CC1CC(CN2CC(=O)OC(=O)C2)C1. The lowest BCUT2D eigenvalue weighted by Gasteiger charge is -2.37. The number of esters is 2. The van der Waals surface area contributed by atoms with E-state index in [0.29, 0.717) is 5.92 Å². The van der Waals surface area contributed by atoms with Gasteiger partial charge in [0.15, 0.2) is 0 Å². The molecule has 1 saturated heterocycles. The van der Waals surface area contributed by atoms with Crippen molar-refractivity contribution in [3.63, 3.8) is 0 Å². The maximum Gasteiger partial charge on any atom is 0.327 e. The fraction of sp³-hybridized carbons (Fsp3) is 0.800. The summed E-state index contributed by atoms with van der Waals surface area (Å²) in [7, 11) is 0. The highest BCUT2D eigenvalue weighted by Crippen LogP contribution is 2.33. The lowest BCUT2D eigenvalue weighted by molar-refractivity contribution is -0.167. The molecule has 0 amide bonds. The van der Waals surface area contributed by atoms with Gasteiger partial charge in [0.1, 0.15) is 0 Å². The molecule has 1 saturated carbocycles. The molecule has 2 aliphatic rings. The summed E-state index contributed by atoms with van der Waals surface area (Å²) in [5.41, 5.74) is 0. The van der Waals surface area contributed by atoms with Crippen LogP contribution in [0.25, 0.3) is 0 Å². The van der Waals surface area contributed by atoms with Gasteiger partial charge in [-0.15, -0.1) is 0 Å². The van der Waals surface area contributed by atoms with E-state index in [2.05, 4.69) is 11.7 Å². The highest BCUT2D eigenvalue weighted by atomic mass is 16.6. The molecule has 0 aromatic rings. The fourth-order valence-electron chi connectivity index (χ4n) is 2.32. The van der Waals surface area contributed by atoms with Crippen molar-refractivity contribution in [1.29, 1.82) is 0 Å². The summed E-state index contributed by atoms with van der Waals surface area (Å²) in [5.74, 6) is 0.665. The van der Waals surface area contributed by atoms with Gasteiger partial charge in [-0.3, -0.25) is 14.5 Å². The third-order valence-electron chi connectivity index (χ3n) is 2.92. The Labute approximate surface area is 83.2 Å². The molecule has 0 aromatic heterocycles. The molecule has 0 bridgehead atoms. The molecule has 2 fully saturated rings. The maximum atomic E-state index is 11.0. The van der Waals surface area contributed by atoms with E-state index in [9.17, 15) is 9.59 Å². The minimum absolute atomic E-state index is 0.274. The Morgan fingerprint density at radius 1 is 1.29 bits per heavy atom. The standard InChI is InChI=1S/C10H15NO3/c1-7-2-8(3-7)4-11-5-9(12)14-10(13)6-11/h7-8H,2-6H2,1H3. The highest BCUT2D eigenvalue weighted by molar-refractivity contribution is 5.90. The average molecular weight is 197 g/mol. The van der Waals surface area contributed by atoms with Gasteiger partial charge in [-0.25, -0.2) is 0 Å². The Morgan fingerprint density at radius 3 is 2.36 bits per heavy atom. The van der Waals surface area contributed by atoms with Gasteiger partial charge in [0.2, 0.25) is 0 Å². The predicted octanol–water partition coefficient (Wildman–Crippen LogP) is 0.418. The zero-order chi connectivity index (χ0) is 10.1. The summed E-state index contributed by atoms with van der Waals surface area (Å²) in [6.45, 7) is 3.64. The van der Waals surface area contributed by atoms with Crippen LogP contribution in [0.2, 0.25) is 0 Å². The molecule has 1 aliphatic heterocycles. The summed E-state index contributed by atoms with van der Waals surface area (Å²) in [4.78, 5) is 23.8. The van der Waals surface area contributed by atoms with Crippen LogP contribution in [0.4, 0.5) is 0 Å². The van der Waals surface area contributed by atoms with Crippen LogP contribution in [0.3, 0.4) is 0 Å². The molecule has 0 radical (unpaired) electrons. The second kappa shape index (κ2) is 3.69. The zero-order valence-corrected chi connectivity index (χ0v) is 8.36. The summed E-state index contributed by atoms with van der Waals surface area (Å²) < 4.78 is 4.45. The minimum Gasteiger partial charge on any atom is -0.391 e. The first-order valence-corrected chi connectivity index (χ1v) is 5.09. The number of hydrogen-bond donors (Lipinski definition) is 0. The smallest absolute Gasteiger partial charge is 0.327 e. The van der Waals surface area contributed by atoms with E-state index in [-0.39, 0.29) is 13.1 Å². The number of carbonyl (C=O) groups excluding carboxylic acids is 2. The Bertz CT molecular complexity index is 242. The van der Waals surface area contributed by atoms with Crippen LogP contribution in [0.5, 0.6) is 0 Å². The van der Waals surface area contributed by atoms with Gasteiger partial charge in [0.25, 0.3) is 0 Å². The number of rotatable bonds is 2. The lowest BCUT2D eigenvalue weighted by Crippen LogP contribution is -2.46. The molecular formula is C10H15NO3. The van der Waals surface area contributed by atoms with Crippen molar-refractivity contribution in [3.05, 3.63) is 0 Å². The van der Waals surface area contributed by atoms with Crippen LogP contribution in [0, 0.1) is 11.8 Å². The van der Waals surface area contributed by atoms with Gasteiger partial charge >= 0.3 is 11.9 Å². The van der Waals surface area contributed by atoms with Gasteiger partial charge in [0, 0.05) is 6.54 Å². The number of ether oxygens (including phenoxy) is 1. The van der Waals surface area contributed by atoms with Crippen molar-refractivity contribution in [1.82, 2.24) is 4.90 Å². The Morgan fingerprint density at radius 2 is 1.86 bits per heavy atom. The van der Waals surface area contributed by atoms with Crippen LogP contribution >= 0.6 is 0 Å². The predicted molar refractivity (Wildman–Crippen MR) is 49.4 cm³/mol. The van der Waals surface area contributed by atoms with Crippen LogP contribution < -0.4 is 0 Å². The molecule has 0 aromatic carbocycles. The molecular weight excluding hydrogens is 182 g/mol. The summed E-state index contributed by atoms with van der Waals surface area (Å²) in [5, 5.41) is 0. The van der Waals surface area contributed by atoms with Gasteiger partial charge in [0.05, 0.1) is 13.1 Å². The lowest BCUT2D eigenvalue weighted by atomic mass is 9.76. The number of hydrogen-bond acceptors (Lipinski definition) is 4. The molecule has 1 heterocycles. The minimum atomic E-state index is -0.409. The first-order valence-electron chi connectivity index (χ1n) is 5.09. The number of carbonyl (C=O) groups is 2. The summed E-state index contributed by atoms with van der Waals surface area (Å²) in [6.07, 6.45) is 2.44. The molecule has 0 N–H and O–H groups in total. The zero-order valence-electron chi connectivity index (χ0n) is 8.36. The molecule has 2 rings (SSSR count). The van der Waals surface area contributed by atoms with E-state index in [1.54, 1.807) is 0 Å². The van der Waals surface area contributed by atoms with Crippen molar-refractivity contribution >= 4 is 11.9 Å². The molecule has 4 heteroatoms. The van der Waals surface area contributed by atoms with Crippen molar-refractivity contribution in [3.8, 4) is 0 Å². The van der Waals surface area contributed by atoms with Crippen LogP contribution in [0.1, 0.15) is 19.8 Å². The maximum absolute atomic E-state index is 11.0. The van der Waals surface area contributed by atoms with E-state index in [4.69, 9.17) is 0 Å². The Balaban J connectivity index is 1.80. The van der Waals surface area contributed by atoms with E-state index in [0.717, 1.165) is 12.5 Å². The molecule has 0 atom stereocenters. The first-order chi connectivity index (χ1) is 6.63. The third-order valence-corrected chi connectivity index (χ3v) is 2.92. The second-order valence-electron chi connectivity index (χ2n) is 4.46. The Kier molecular flexibility index (Phi) is 2.54. The quantitative estimate of drug-likeness (QED) is 0.475. The molecule has 4 nitrogen and oxygen atoms in total. The number of nitrogens with zero attached hydrogens (tertiary/aromatic N) is 1. The van der Waals surface area contributed by atoms with Crippen LogP contribution in [-0.2, 0) is 14.3 Å². The second-order valence-corrected chi connectivity index (χ2v) is 4.46. The normalized spacial score (nSPS) is 33.8. The van der Waals surface area contributed by atoms with Crippen molar-refractivity contribution in [2.24, 2.45) is 11.8 Å². The van der Waals surface area contributed by atoms with Gasteiger partial charge in [-0.2, -0.15) is 0 Å². The molecule has 1 aliphatic carbocycles. The van der Waals surface area contributed by atoms with Crippen molar-refractivity contribution < 1.29 is 14.3 Å². The van der Waals surface area contributed by atoms with Crippen molar-refractivity contribution in [2.45, 2.75) is 19.8 Å². The first kappa shape index (κ1) is 9.65. The summed E-state index contributed by atoms with van der Waals surface area (Å²) >= 11 is 0. The monoisotopic (exact) mass is 197 g/mol. The van der Waals surface area contributed by atoms with E-state index < -0.39 is 11.9 Å². The molecule has 0 spiro atoms. The number of morpholine rings is 1. The highest BCUT2D eigenvalue weighted by Gasteiger charge is 2.31. The average Bonchev–Trinajstić information content (AvgIpc) is 1.99. The van der Waals surface area contributed by atoms with Crippen molar-refractivity contribution in [2.75, 3.05) is 19.6 Å². The molecule has 78 valence electrons. The van der Waals surface area contributed by atoms with E-state index in [1.807, 2.05) is 4.90 Å². The Hall–Kier alpha value is -0.900. The van der Waals surface area contributed by atoms with Gasteiger partial charge in [-0.1, -0.05) is 6.92 Å². The van der Waals surface area contributed by atoms with E-state index in [1.165, 1.54) is 12.8 Å². The van der Waals surface area contributed by atoms with Crippen LogP contribution in [0.15, 0.2) is 0 Å². The van der Waals surface area contributed by atoms with E-state index >= 15 is 0 Å². The molecule has 0 unspecified atom stereocenters. The number of cyclic esters (lactones) is 2. The third kappa shape index (κ3) is 2.12. The van der Waals surface area contributed by atoms with Crippen LogP contribution in [-0.4, -0.2) is 36.5 Å². The summed E-state index contributed by atoms with van der Waals surface area (Å²) in [6, 6.07) is 0. The van der Waals surface area contributed by atoms with Gasteiger partial charge in [-0.05, 0) is 24.7 Å². The van der Waals surface area contributed by atoms with Gasteiger partial charge < -0.3 is 4.74 Å². The largest absolute Gasteiger partial charge is 0.391 e.